The summed E-state index contributed by atoms with van der Waals surface area (Å²) in [5.41, 5.74) is 9.75. The first-order chi connectivity index (χ1) is 13.6. The third-order valence-electron chi connectivity index (χ3n) is 4.06. The highest BCUT2D eigenvalue weighted by Gasteiger charge is 2.11. The highest BCUT2D eigenvalue weighted by molar-refractivity contribution is 6.30. The Morgan fingerprint density at radius 2 is 2.04 bits per heavy atom. The zero-order chi connectivity index (χ0) is 19.9. The monoisotopic (exact) mass is 392 g/mol. The number of allylic oxidation sites excluding steroid dienone is 2. The van der Waals surface area contributed by atoms with E-state index >= 15 is 0 Å². The van der Waals surface area contributed by atoms with Gasteiger partial charge >= 0.3 is 0 Å². The molecule has 0 saturated carbocycles. The van der Waals surface area contributed by atoms with Crippen molar-refractivity contribution in [3.05, 3.63) is 89.0 Å². The molecule has 28 heavy (non-hydrogen) atoms. The maximum atomic E-state index is 6.19. The molecule has 0 aliphatic rings. The number of pyridine rings is 2. The number of ether oxygens (including phenoxy) is 1. The molecule has 3 aromatic rings. The summed E-state index contributed by atoms with van der Waals surface area (Å²) < 4.78 is 6.09. The van der Waals surface area contributed by atoms with E-state index in [1.54, 1.807) is 25.5 Å². The van der Waals surface area contributed by atoms with E-state index < -0.39 is 0 Å². The topological polar surface area (TPSA) is 73.4 Å². The minimum Gasteiger partial charge on any atom is -0.461 e. The molecular formula is C22H21ClN4O. The van der Waals surface area contributed by atoms with Crippen LogP contribution in [-0.2, 0) is 6.54 Å². The molecule has 6 heteroatoms. The van der Waals surface area contributed by atoms with Gasteiger partial charge in [-0.15, -0.1) is 0 Å². The molecule has 0 amide bonds. The van der Waals surface area contributed by atoms with Crippen molar-refractivity contribution in [2.24, 2.45) is 10.7 Å². The lowest BCUT2D eigenvalue weighted by Crippen LogP contribution is -2.03. The zero-order valence-corrected chi connectivity index (χ0v) is 16.5. The van der Waals surface area contributed by atoms with Gasteiger partial charge in [-0.25, -0.2) is 0 Å². The largest absolute Gasteiger partial charge is 0.461 e. The third-order valence-corrected chi connectivity index (χ3v) is 4.29. The molecular weight excluding hydrogens is 372 g/mol. The van der Waals surface area contributed by atoms with Crippen molar-refractivity contribution in [1.29, 1.82) is 0 Å². The number of benzene rings is 1. The molecule has 0 aliphatic heterocycles. The number of aliphatic imine (C=N–C) groups is 1. The molecule has 0 radical (unpaired) electrons. The predicted molar refractivity (Wildman–Crippen MR) is 114 cm³/mol. The zero-order valence-electron chi connectivity index (χ0n) is 15.8. The summed E-state index contributed by atoms with van der Waals surface area (Å²) in [6.07, 6.45) is 5.34. The second kappa shape index (κ2) is 9.26. The summed E-state index contributed by atoms with van der Waals surface area (Å²) in [7, 11) is 1.72. The van der Waals surface area contributed by atoms with Crippen molar-refractivity contribution in [2.45, 2.75) is 13.5 Å². The predicted octanol–water partition coefficient (Wildman–Crippen LogP) is 4.66. The summed E-state index contributed by atoms with van der Waals surface area (Å²) in [5.74, 6) is 1.28. The van der Waals surface area contributed by atoms with Crippen LogP contribution in [0.25, 0.3) is 11.3 Å². The smallest absolute Gasteiger partial charge is 0.137 e. The lowest BCUT2D eigenvalue weighted by molar-refractivity contribution is 0.430. The van der Waals surface area contributed by atoms with Crippen molar-refractivity contribution in [3.8, 4) is 17.0 Å². The molecule has 0 atom stereocenters. The Balaban J connectivity index is 1.91. The lowest BCUT2D eigenvalue weighted by atomic mass is 10.1. The van der Waals surface area contributed by atoms with Crippen LogP contribution in [0.5, 0.6) is 5.75 Å². The van der Waals surface area contributed by atoms with Crippen molar-refractivity contribution in [2.75, 3.05) is 7.05 Å². The number of nitrogens with zero attached hydrogens (tertiary/aromatic N) is 3. The molecule has 2 aromatic heterocycles. The maximum absolute atomic E-state index is 6.19. The van der Waals surface area contributed by atoms with Crippen molar-refractivity contribution in [1.82, 2.24) is 9.97 Å². The van der Waals surface area contributed by atoms with Crippen LogP contribution >= 0.6 is 11.6 Å². The molecule has 2 N–H and O–H groups in total. The molecule has 0 spiro atoms. The van der Waals surface area contributed by atoms with E-state index in [9.17, 15) is 0 Å². The van der Waals surface area contributed by atoms with Gasteiger partial charge in [-0.1, -0.05) is 23.7 Å². The van der Waals surface area contributed by atoms with E-state index in [0.29, 0.717) is 23.1 Å². The molecule has 1 aromatic carbocycles. The standard InChI is InChI=1S/C22H21ClN4O/c1-15(11-21(25-2)20-5-3-4-10-26-20)28-22-12-17(23)7-8-18(22)19-9-6-16(13-24)14-27-19/h3-12,14H,13,24H2,1-2H3/b15-11+,25-21+. The first kappa shape index (κ1) is 19.7. The van der Waals surface area contributed by atoms with Gasteiger partial charge in [-0.05, 0) is 42.8 Å². The van der Waals surface area contributed by atoms with Gasteiger partial charge in [-0.3, -0.25) is 15.0 Å². The van der Waals surface area contributed by atoms with Crippen LogP contribution in [0.15, 0.2) is 77.8 Å². The van der Waals surface area contributed by atoms with Gasteiger partial charge < -0.3 is 10.5 Å². The summed E-state index contributed by atoms with van der Waals surface area (Å²) in [4.78, 5) is 13.1. The third kappa shape index (κ3) is 4.82. The van der Waals surface area contributed by atoms with Crippen LogP contribution in [0.2, 0.25) is 5.02 Å². The minimum absolute atomic E-state index is 0.450. The molecule has 0 aliphatic carbocycles. The van der Waals surface area contributed by atoms with Crippen LogP contribution in [0.4, 0.5) is 0 Å². The Morgan fingerprint density at radius 1 is 1.18 bits per heavy atom. The van der Waals surface area contributed by atoms with E-state index in [1.165, 1.54) is 0 Å². The second-order valence-corrected chi connectivity index (χ2v) is 6.51. The van der Waals surface area contributed by atoms with Crippen LogP contribution < -0.4 is 10.5 Å². The SMILES string of the molecule is C/N=C(\C=C(/C)Oc1cc(Cl)ccc1-c1ccc(CN)cn1)c1ccccn1. The Hall–Kier alpha value is -3.02. The quantitative estimate of drug-likeness (QED) is 0.489. The molecule has 0 bridgehead atoms. The normalized spacial score (nSPS) is 12.1. The van der Waals surface area contributed by atoms with Crippen LogP contribution in [0.3, 0.4) is 0 Å². The first-order valence-electron chi connectivity index (χ1n) is 8.80. The fourth-order valence-electron chi connectivity index (χ4n) is 2.66. The maximum Gasteiger partial charge on any atom is 0.137 e. The van der Waals surface area contributed by atoms with Gasteiger partial charge in [0, 0.05) is 48.7 Å². The fourth-order valence-corrected chi connectivity index (χ4v) is 2.82. The second-order valence-electron chi connectivity index (χ2n) is 6.08. The number of halogens is 1. The Labute approximate surface area is 169 Å². The lowest BCUT2D eigenvalue weighted by Gasteiger charge is -2.12. The molecule has 3 rings (SSSR count). The van der Waals surface area contributed by atoms with Crippen molar-refractivity contribution >= 4 is 17.3 Å². The van der Waals surface area contributed by atoms with E-state index in [0.717, 1.165) is 28.2 Å². The summed E-state index contributed by atoms with van der Waals surface area (Å²) in [6, 6.07) is 15.0. The molecule has 142 valence electrons. The van der Waals surface area contributed by atoms with Crippen molar-refractivity contribution in [3.63, 3.8) is 0 Å². The van der Waals surface area contributed by atoms with E-state index in [-0.39, 0.29) is 0 Å². The molecule has 5 nitrogen and oxygen atoms in total. The number of hydrogen-bond acceptors (Lipinski definition) is 5. The molecule has 0 fully saturated rings. The highest BCUT2D eigenvalue weighted by Crippen LogP contribution is 2.32. The highest BCUT2D eigenvalue weighted by atomic mass is 35.5. The Kier molecular flexibility index (Phi) is 6.53. The average molecular weight is 393 g/mol. The molecule has 0 saturated heterocycles. The van der Waals surface area contributed by atoms with E-state index in [1.807, 2.05) is 55.5 Å². The first-order valence-corrected chi connectivity index (χ1v) is 9.17. The van der Waals surface area contributed by atoms with Gasteiger partial charge in [0.05, 0.1) is 17.1 Å². The molecule has 2 heterocycles. The minimum atomic E-state index is 0.450. The van der Waals surface area contributed by atoms with Gasteiger partial charge in [0.25, 0.3) is 0 Å². The van der Waals surface area contributed by atoms with Crippen LogP contribution in [0, 0.1) is 0 Å². The summed E-state index contributed by atoms with van der Waals surface area (Å²) in [5, 5.41) is 0.583. The van der Waals surface area contributed by atoms with Crippen LogP contribution in [0.1, 0.15) is 18.2 Å². The van der Waals surface area contributed by atoms with Crippen LogP contribution in [-0.4, -0.2) is 22.7 Å². The van der Waals surface area contributed by atoms with Gasteiger partial charge in [0.1, 0.15) is 11.5 Å². The number of aromatic nitrogens is 2. The van der Waals surface area contributed by atoms with Gasteiger partial charge in [-0.2, -0.15) is 0 Å². The number of hydrogen-bond donors (Lipinski definition) is 1. The Bertz CT molecular complexity index is 999. The van der Waals surface area contributed by atoms with E-state index in [4.69, 9.17) is 22.1 Å². The number of nitrogens with two attached hydrogens (primary N) is 1. The summed E-state index contributed by atoms with van der Waals surface area (Å²) in [6.45, 7) is 2.31. The molecule has 0 unspecified atom stereocenters. The van der Waals surface area contributed by atoms with Gasteiger partial charge in [0.15, 0.2) is 0 Å². The average Bonchev–Trinajstić information content (AvgIpc) is 2.73. The van der Waals surface area contributed by atoms with Crippen molar-refractivity contribution < 1.29 is 4.74 Å². The fraction of sp³-hybridized carbons (Fsp3) is 0.136. The number of rotatable bonds is 6. The van der Waals surface area contributed by atoms with E-state index in [2.05, 4.69) is 15.0 Å². The summed E-state index contributed by atoms with van der Waals surface area (Å²) >= 11 is 6.19. The van der Waals surface area contributed by atoms with Gasteiger partial charge in [0.2, 0.25) is 0 Å². The Morgan fingerprint density at radius 3 is 2.68 bits per heavy atom.